The van der Waals surface area contributed by atoms with E-state index >= 15 is 0 Å². The van der Waals surface area contributed by atoms with Crippen LogP contribution in [0.3, 0.4) is 0 Å². The van der Waals surface area contributed by atoms with Crippen LogP contribution in [-0.4, -0.2) is 4.68 Å². The van der Waals surface area contributed by atoms with Crippen molar-refractivity contribution in [1.29, 1.82) is 0 Å². The zero-order chi connectivity index (χ0) is 14.8. The van der Waals surface area contributed by atoms with E-state index in [-0.39, 0.29) is 0 Å². The SMILES string of the molecule is c1ccc(Nn2cc(-c3ccccc3)c3ccccc32)cc1. The molecule has 0 aliphatic heterocycles. The van der Waals surface area contributed by atoms with Gasteiger partial charge in [0.25, 0.3) is 0 Å². The number of rotatable bonds is 3. The molecule has 0 spiro atoms. The average molecular weight is 284 g/mol. The minimum Gasteiger partial charge on any atom is -0.294 e. The van der Waals surface area contributed by atoms with Crippen LogP contribution >= 0.6 is 0 Å². The highest BCUT2D eigenvalue weighted by molar-refractivity contribution is 5.96. The van der Waals surface area contributed by atoms with Crippen molar-refractivity contribution in [2.75, 3.05) is 5.43 Å². The first kappa shape index (κ1) is 12.7. The molecule has 1 N–H and O–H groups in total. The fraction of sp³-hybridized carbons (Fsp3) is 0. The molecule has 4 rings (SSSR count). The molecule has 22 heavy (non-hydrogen) atoms. The number of aromatic nitrogens is 1. The fourth-order valence-electron chi connectivity index (χ4n) is 2.77. The van der Waals surface area contributed by atoms with Crippen molar-refractivity contribution in [3.63, 3.8) is 0 Å². The van der Waals surface area contributed by atoms with Gasteiger partial charge >= 0.3 is 0 Å². The molecule has 4 aromatic rings. The van der Waals surface area contributed by atoms with Gasteiger partial charge in [0.1, 0.15) is 0 Å². The third-order valence-electron chi connectivity index (χ3n) is 3.82. The highest BCUT2D eigenvalue weighted by Gasteiger charge is 2.09. The largest absolute Gasteiger partial charge is 0.294 e. The van der Waals surface area contributed by atoms with Crippen molar-refractivity contribution in [1.82, 2.24) is 4.68 Å². The lowest BCUT2D eigenvalue weighted by Crippen LogP contribution is -2.06. The topological polar surface area (TPSA) is 17.0 Å². The first-order valence-corrected chi connectivity index (χ1v) is 7.39. The molecule has 106 valence electrons. The first-order chi connectivity index (χ1) is 10.9. The highest BCUT2D eigenvalue weighted by atomic mass is 15.4. The molecular weight excluding hydrogens is 268 g/mol. The molecule has 0 amide bonds. The predicted octanol–water partition coefficient (Wildman–Crippen LogP) is 5.18. The van der Waals surface area contributed by atoms with E-state index < -0.39 is 0 Å². The second kappa shape index (κ2) is 5.41. The summed E-state index contributed by atoms with van der Waals surface area (Å²) < 4.78 is 2.09. The molecule has 0 aliphatic rings. The van der Waals surface area contributed by atoms with Crippen molar-refractivity contribution >= 4 is 16.6 Å². The Morgan fingerprint density at radius 3 is 2.05 bits per heavy atom. The number of nitrogens with one attached hydrogen (secondary N) is 1. The van der Waals surface area contributed by atoms with Crippen LogP contribution in [0.1, 0.15) is 0 Å². The monoisotopic (exact) mass is 284 g/mol. The number of fused-ring (bicyclic) bond motifs is 1. The number of nitrogens with zero attached hydrogens (tertiary/aromatic N) is 1. The summed E-state index contributed by atoms with van der Waals surface area (Å²) in [5.74, 6) is 0. The zero-order valence-electron chi connectivity index (χ0n) is 12.1. The lowest BCUT2D eigenvalue weighted by atomic mass is 10.1. The van der Waals surface area contributed by atoms with E-state index in [0.717, 1.165) is 5.69 Å². The Balaban J connectivity index is 1.86. The van der Waals surface area contributed by atoms with Gasteiger partial charge in [-0.3, -0.25) is 10.1 Å². The molecule has 0 radical (unpaired) electrons. The maximum Gasteiger partial charge on any atom is 0.0702 e. The van der Waals surface area contributed by atoms with E-state index in [9.17, 15) is 0 Å². The number of anilines is 1. The minimum atomic E-state index is 1.07. The zero-order valence-corrected chi connectivity index (χ0v) is 12.1. The number of para-hydroxylation sites is 2. The van der Waals surface area contributed by atoms with Crippen molar-refractivity contribution in [3.8, 4) is 11.1 Å². The lowest BCUT2D eigenvalue weighted by Gasteiger charge is -2.08. The number of hydrogen-bond acceptors (Lipinski definition) is 1. The van der Waals surface area contributed by atoms with E-state index in [4.69, 9.17) is 0 Å². The standard InChI is InChI=1S/C20H16N2/c1-3-9-16(10-4-1)19-15-22(20-14-8-7-13-18(19)20)21-17-11-5-2-6-12-17/h1-15,21H. The third-order valence-corrected chi connectivity index (χ3v) is 3.82. The summed E-state index contributed by atoms with van der Waals surface area (Å²) in [6.07, 6.45) is 2.16. The van der Waals surface area contributed by atoms with Crippen LogP contribution in [0.15, 0.2) is 91.1 Å². The van der Waals surface area contributed by atoms with Gasteiger partial charge in [-0.2, -0.15) is 0 Å². The first-order valence-electron chi connectivity index (χ1n) is 7.39. The quantitative estimate of drug-likeness (QED) is 0.548. The van der Waals surface area contributed by atoms with E-state index in [2.05, 4.69) is 77.0 Å². The van der Waals surface area contributed by atoms with Crippen molar-refractivity contribution < 1.29 is 0 Å². The Hall–Kier alpha value is -3.00. The molecule has 0 aliphatic carbocycles. The predicted molar refractivity (Wildman–Crippen MR) is 92.8 cm³/mol. The summed E-state index contributed by atoms with van der Waals surface area (Å²) in [5.41, 5.74) is 8.16. The average Bonchev–Trinajstić information content (AvgIpc) is 2.96. The van der Waals surface area contributed by atoms with Gasteiger partial charge in [-0.25, -0.2) is 0 Å². The van der Waals surface area contributed by atoms with Gasteiger partial charge < -0.3 is 0 Å². The maximum atomic E-state index is 3.45. The van der Waals surface area contributed by atoms with Crippen molar-refractivity contribution in [2.45, 2.75) is 0 Å². The fourth-order valence-corrected chi connectivity index (χ4v) is 2.77. The maximum absolute atomic E-state index is 3.45. The van der Waals surface area contributed by atoms with Crippen LogP contribution < -0.4 is 5.43 Å². The van der Waals surface area contributed by atoms with Crippen LogP contribution in [0.5, 0.6) is 0 Å². The van der Waals surface area contributed by atoms with Crippen LogP contribution in [0.25, 0.3) is 22.0 Å². The van der Waals surface area contributed by atoms with E-state index in [1.807, 2.05) is 24.3 Å². The minimum absolute atomic E-state index is 1.07. The van der Waals surface area contributed by atoms with Crippen LogP contribution in [0.4, 0.5) is 5.69 Å². The Bertz CT molecular complexity index is 893. The molecule has 2 nitrogen and oxygen atoms in total. The van der Waals surface area contributed by atoms with E-state index in [1.165, 1.54) is 22.0 Å². The van der Waals surface area contributed by atoms with Crippen molar-refractivity contribution in [3.05, 3.63) is 91.1 Å². The molecular formula is C20H16N2. The lowest BCUT2D eigenvalue weighted by molar-refractivity contribution is 1.01. The third kappa shape index (κ3) is 2.25. The summed E-state index contributed by atoms with van der Waals surface area (Å²) in [5, 5.41) is 1.25. The number of hydrogen-bond donors (Lipinski definition) is 1. The summed E-state index contributed by atoms with van der Waals surface area (Å²) in [6.45, 7) is 0. The Morgan fingerprint density at radius 2 is 1.27 bits per heavy atom. The second-order valence-electron chi connectivity index (χ2n) is 5.27. The molecule has 0 bridgehead atoms. The Labute approximate surface area is 129 Å². The van der Waals surface area contributed by atoms with Gasteiger partial charge in [0.05, 0.1) is 11.2 Å². The summed E-state index contributed by atoms with van der Waals surface area (Å²) in [6, 6.07) is 29.2. The van der Waals surface area contributed by atoms with Gasteiger partial charge in [0.2, 0.25) is 0 Å². The summed E-state index contributed by atoms with van der Waals surface area (Å²) >= 11 is 0. The van der Waals surface area contributed by atoms with Crippen LogP contribution in [0, 0.1) is 0 Å². The molecule has 0 fully saturated rings. The van der Waals surface area contributed by atoms with Gasteiger partial charge in [-0.1, -0.05) is 66.7 Å². The molecule has 1 heterocycles. The van der Waals surface area contributed by atoms with E-state index in [1.54, 1.807) is 0 Å². The van der Waals surface area contributed by atoms with Gasteiger partial charge in [-0.15, -0.1) is 0 Å². The van der Waals surface area contributed by atoms with E-state index in [0.29, 0.717) is 0 Å². The number of benzene rings is 3. The second-order valence-corrected chi connectivity index (χ2v) is 5.27. The summed E-state index contributed by atoms with van der Waals surface area (Å²) in [7, 11) is 0. The van der Waals surface area contributed by atoms with Crippen LogP contribution in [0.2, 0.25) is 0 Å². The Morgan fingerprint density at radius 1 is 0.636 bits per heavy atom. The molecule has 2 heteroatoms. The van der Waals surface area contributed by atoms with Gasteiger partial charge in [0.15, 0.2) is 0 Å². The molecule has 0 unspecified atom stereocenters. The van der Waals surface area contributed by atoms with Gasteiger partial charge in [-0.05, 0) is 23.8 Å². The molecule has 1 aromatic heterocycles. The van der Waals surface area contributed by atoms with Gasteiger partial charge in [0, 0.05) is 17.1 Å². The smallest absolute Gasteiger partial charge is 0.0702 e. The highest BCUT2D eigenvalue weighted by Crippen LogP contribution is 2.30. The normalized spacial score (nSPS) is 10.7. The Kier molecular flexibility index (Phi) is 3.13. The molecule has 0 saturated carbocycles. The molecule has 0 saturated heterocycles. The summed E-state index contributed by atoms with van der Waals surface area (Å²) in [4.78, 5) is 0. The molecule has 3 aromatic carbocycles. The van der Waals surface area contributed by atoms with Crippen molar-refractivity contribution in [2.24, 2.45) is 0 Å². The molecule has 0 atom stereocenters. The van der Waals surface area contributed by atoms with Crippen LogP contribution in [-0.2, 0) is 0 Å².